The molecule has 1 amide bonds. The molecule has 0 saturated heterocycles. The Bertz CT molecular complexity index is 1090. The van der Waals surface area contributed by atoms with E-state index in [4.69, 9.17) is 4.74 Å². The molecule has 2 aromatic carbocycles. The van der Waals surface area contributed by atoms with Crippen molar-refractivity contribution < 1.29 is 22.3 Å². The van der Waals surface area contributed by atoms with Gasteiger partial charge in [0, 0.05) is 11.9 Å². The molecule has 0 bridgehead atoms. The van der Waals surface area contributed by atoms with Gasteiger partial charge < -0.3 is 10.1 Å². The molecule has 3 aromatic rings. The van der Waals surface area contributed by atoms with Gasteiger partial charge in [0.15, 0.2) is 0 Å². The lowest BCUT2D eigenvalue weighted by Gasteiger charge is -2.14. The molecule has 0 atom stereocenters. The smallest absolute Gasteiger partial charge is 0.274 e. The van der Waals surface area contributed by atoms with Crippen molar-refractivity contribution in [3.05, 3.63) is 78.4 Å². The van der Waals surface area contributed by atoms with Gasteiger partial charge in [0.25, 0.3) is 15.9 Å². The van der Waals surface area contributed by atoms with Gasteiger partial charge in [-0.3, -0.25) is 14.5 Å². The number of methoxy groups -OCH3 is 1. The number of sulfonamides is 1. The van der Waals surface area contributed by atoms with Crippen LogP contribution in [-0.2, 0) is 10.0 Å². The molecular formula is C19H16FN3O4S. The number of anilines is 2. The van der Waals surface area contributed by atoms with Gasteiger partial charge in [-0.05, 0) is 54.6 Å². The van der Waals surface area contributed by atoms with E-state index >= 15 is 0 Å². The van der Waals surface area contributed by atoms with Crippen LogP contribution in [0.4, 0.5) is 15.8 Å². The maximum absolute atomic E-state index is 13.1. The van der Waals surface area contributed by atoms with Gasteiger partial charge in [-0.25, -0.2) is 12.8 Å². The Kier molecular flexibility index (Phi) is 5.55. The Morgan fingerprint density at radius 3 is 2.46 bits per heavy atom. The largest absolute Gasteiger partial charge is 0.495 e. The average molecular weight is 401 g/mol. The number of benzene rings is 2. The van der Waals surface area contributed by atoms with Crippen molar-refractivity contribution >= 4 is 27.3 Å². The fourth-order valence-electron chi connectivity index (χ4n) is 2.38. The molecule has 0 radical (unpaired) electrons. The SMILES string of the molecule is COc1ccc(NC(=O)c2ccccn2)cc1NS(=O)(=O)c1ccc(F)cc1. The lowest BCUT2D eigenvalue weighted by atomic mass is 10.2. The molecule has 144 valence electrons. The maximum Gasteiger partial charge on any atom is 0.274 e. The van der Waals surface area contributed by atoms with Crippen LogP contribution in [0.1, 0.15) is 10.5 Å². The first-order valence-corrected chi connectivity index (χ1v) is 9.56. The minimum absolute atomic E-state index is 0.112. The number of carbonyl (C=O) groups is 1. The summed E-state index contributed by atoms with van der Waals surface area (Å²) in [5.41, 5.74) is 0.672. The normalized spacial score (nSPS) is 10.9. The molecule has 0 aliphatic heterocycles. The van der Waals surface area contributed by atoms with E-state index in [1.165, 1.54) is 25.4 Å². The van der Waals surface area contributed by atoms with E-state index in [2.05, 4.69) is 15.0 Å². The van der Waals surface area contributed by atoms with Gasteiger partial charge in [-0.2, -0.15) is 0 Å². The fourth-order valence-corrected chi connectivity index (χ4v) is 3.44. The minimum Gasteiger partial charge on any atom is -0.495 e. The Morgan fingerprint density at radius 1 is 1.07 bits per heavy atom. The van der Waals surface area contributed by atoms with Crippen molar-refractivity contribution in [2.75, 3.05) is 17.1 Å². The van der Waals surface area contributed by atoms with Crippen molar-refractivity contribution in [1.82, 2.24) is 4.98 Å². The summed E-state index contributed by atoms with van der Waals surface area (Å²) in [7, 11) is -2.60. The monoisotopic (exact) mass is 401 g/mol. The molecule has 2 N–H and O–H groups in total. The molecule has 9 heteroatoms. The first-order valence-electron chi connectivity index (χ1n) is 8.08. The van der Waals surface area contributed by atoms with Crippen LogP contribution in [0.2, 0.25) is 0 Å². The van der Waals surface area contributed by atoms with E-state index in [0.29, 0.717) is 5.69 Å². The summed E-state index contributed by atoms with van der Waals surface area (Å²) in [6, 6.07) is 13.8. The molecule has 0 aliphatic carbocycles. The van der Waals surface area contributed by atoms with Crippen LogP contribution in [0.15, 0.2) is 71.8 Å². The lowest BCUT2D eigenvalue weighted by Crippen LogP contribution is -2.15. The second kappa shape index (κ2) is 8.05. The number of halogens is 1. The van der Waals surface area contributed by atoms with Crippen molar-refractivity contribution in [1.29, 1.82) is 0 Å². The molecule has 0 fully saturated rings. The van der Waals surface area contributed by atoms with E-state index in [1.807, 2.05) is 0 Å². The van der Waals surface area contributed by atoms with E-state index in [9.17, 15) is 17.6 Å². The Morgan fingerprint density at radius 2 is 1.82 bits per heavy atom. The highest BCUT2D eigenvalue weighted by atomic mass is 32.2. The quantitative estimate of drug-likeness (QED) is 0.661. The number of carbonyl (C=O) groups excluding carboxylic acids is 1. The molecule has 1 heterocycles. The average Bonchev–Trinajstić information content (AvgIpc) is 2.69. The van der Waals surface area contributed by atoms with Gasteiger partial charge >= 0.3 is 0 Å². The van der Waals surface area contributed by atoms with Crippen LogP contribution in [-0.4, -0.2) is 26.4 Å². The highest BCUT2D eigenvalue weighted by Gasteiger charge is 2.18. The van der Waals surface area contributed by atoms with Gasteiger partial charge in [0.05, 0.1) is 17.7 Å². The number of hydrogen-bond donors (Lipinski definition) is 2. The topological polar surface area (TPSA) is 97.4 Å². The molecule has 0 saturated carbocycles. The molecule has 28 heavy (non-hydrogen) atoms. The third kappa shape index (κ3) is 4.44. The minimum atomic E-state index is -3.98. The Hall–Kier alpha value is -3.46. The molecule has 0 unspecified atom stereocenters. The first-order chi connectivity index (χ1) is 13.4. The van der Waals surface area contributed by atoms with Crippen molar-refractivity contribution in [2.24, 2.45) is 0 Å². The third-order valence-corrected chi connectivity index (χ3v) is 5.10. The number of nitrogens with zero attached hydrogens (tertiary/aromatic N) is 1. The van der Waals surface area contributed by atoms with Crippen LogP contribution < -0.4 is 14.8 Å². The fraction of sp³-hybridized carbons (Fsp3) is 0.0526. The number of ether oxygens (including phenoxy) is 1. The van der Waals surface area contributed by atoms with Gasteiger partial charge in [-0.15, -0.1) is 0 Å². The van der Waals surface area contributed by atoms with Crippen LogP contribution in [0.5, 0.6) is 5.75 Å². The zero-order valence-electron chi connectivity index (χ0n) is 14.7. The number of pyridine rings is 1. The summed E-state index contributed by atoms with van der Waals surface area (Å²) >= 11 is 0. The van der Waals surface area contributed by atoms with Gasteiger partial charge in [0.2, 0.25) is 0 Å². The molecule has 7 nitrogen and oxygen atoms in total. The van der Waals surface area contributed by atoms with Gasteiger partial charge in [-0.1, -0.05) is 6.07 Å². The second-order valence-corrected chi connectivity index (χ2v) is 7.33. The van der Waals surface area contributed by atoms with Crippen LogP contribution in [0, 0.1) is 5.82 Å². The van der Waals surface area contributed by atoms with E-state index < -0.39 is 21.7 Å². The zero-order chi connectivity index (χ0) is 20.1. The van der Waals surface area contributed by atoms with E-state index in [0.717, 1.165) is 24.3 Å². The standard InChI is InChI=1S/C19H16FN3O4S/c1-27-18-10-7-14(22-19(24)16-4-2-3-11-21-16)12-17(18)23-28(25,26)15-8-5-13(20)6-9-15/h2-12,23H,1H3,(H,22,24). The predicted molar refractivity (Wildman–Crippen MR) is 102 cm³/mol. The van der Waals surface area contributed by atoms with Crippen molar-refractivity contribution in [2.45, 2.75) is 4.90 Å². The van der Waals surface area contributed by atoms with Crippen LogP contribution in [0.25, 0.3) is 0 Å². The van der Waals surface area contributed by atoms with E-state index in [-0.39, 0.29) is 22.0 Å². The van der Waals surface area contributed by atoms with Gasteiger partial charge in [0.1, 0.15) is 17.3 Å². The number of nitrogens with one attached hydrogen (secondary N) is 2. The number of aromatic nitrogens is 1. The Labute approximate surface area is 161 Å². The second-order valence-electron chi connectivity index (χ2n) is 5.64. The lowest BCUT2D eigenvalue weighted by molar-refractivity contribution is 0.102. The Balaban J connectivity index is 1.87. The van der Waals surface area contributed by atoms with Crippen molar-refractivity contribution in [3.63, 3.8) is 0 Å². The number of hydrogen-bond acceptors (Lipinski definition) is 5. The molecular weight excluding hydrogens is 385 g/mol. The summed E-state index contributed by atoms with van der Waals surface area (Å²) in [6.07, 6.45) is 1.49. The molecule has 1 aromatic heterocycles. The highest BCUT2D eigenvalue weighted by Crippen LogP contribution is 2.30. The van der Waals surface area contributed by atoms with Crippen molar-refractivity contribution in [3.8, 4) is 5.75 Å². The molecule has 0 aliphatic rings. The first kappa shape index (κ1) is 19.3. The molecule has 0 spiro atoms. The predicted octanol–water partition coefficient (Wildman–Crippen LogP) is 3.28. The summed E-state index contributed by atoms with van der Waals surface area (Å²) in [5.74, 6) is -0.740. The zero-order valence-corrected chi connectivity index (χ0v) is 15.5. The summed E-state index contributed by atoms with van der Waals surface area (Å²) in [4.78, 5) is 16.1. The third-order valence-electron chi connectivity index (χ3n) is 3.72. The highest BCUT2D eigenvalue weighted by molar-refractivity contribution is 7.92. The number of rotatable bonds is 6. The summed E-state index contributed by atoms with van der Waals surface area (Å²) in [5, 5.41) is 2.64. The molecule has 3 rings (SSSR count). The van der Waals surface area contributed by atoms with Crippen LogP contribution in [0.3, 0.4) is 0 Å². The summed E-state index contributed by atoms with van der Waals surface area (Å²) < 4.78 is 45.7. The maximum atomic E-state index is 13.1. The summed E-state index contributed by atoms with van der Waals surface area (Å²) in [6.45, 7) is 0. The van der Waals surface area contributed by atoms with E-state index in [1.54, 1.807) is 24.3 Å². The van der Waals surface area contributed by atoms with Crippen LogP contribution >= 0.6 is 0 Å². The number of amides is 1.